The van der Waals surface area contributed by atoms with Crippen molar-refractivity contribution in [1.29, 1.82) is 0 Å². The SMILES string of the molecule is Cc1ccc(-c2cc(Br)cnn2)s1. The van der Waals surface area contributed by atoms with Crippen molar-refractivity contribution in [3.8, 4) is 10.6 Å². The normalized spacial score (nSPS) is 10.3. The second kappa shape index (κ2) is 3.55. The van der Waals surface area contributed by atoms with E-state index in [1.54, 1.807) is 17.5 Å². The molecule has 0 aromatic carbocycles. The van der Waals surface area contributed by atoms with E-state index in [0.29, 0.717) is 0 Å². The number of nitrogens with zero attached hydrogens (tertiary/aromatic N) is 2. The molecule has 0 aliphatic rings. The van der Waals surface area contributed by atoms with Crippen LogP contribution >= 0.6 is 27.3 Å². The third-order valence-corrected chi connectivity index (χ3v) is 3.07. The van der Waals surface area contributed by atoms with Crippen LogP contribution in [0.4, 0.5) is 0 Å². The quantitative estimate of drug-likeness (QED) is 0.781. The minimum absolute atomic E-state index is 0.924. The molecule has 0 bridgehead atoms. The summed E-state index contributed by atoms with van der Waals surface area (Å²) in [7, 11) is 0. The molecule has 0 N–H and O–H groups in total. The first-order chi connectivity index (χ1) is 6.25. The second-order valence-corrected chi connectivity index (χ2v) is 4.87. The molecule has 2 aromatic rings. The van der Waals surface area contributed by atoms with Gasteiger partial charge in [0.15, 0.2) is 0 Å². The molecule has 13 heavy (non-hydrogen) atoms. The molecule has 0 aliphatic heterocycles. The molecule has 2 heterocycles. The first-order valence-electron chi connectivity index (χ1n) is 3.81. The van der Waals surface area contributed by atoms with Gasteiger partial charge < -0.3 is 0 Å². The van der Waals surface area contributed by atoms with Gasteiger partial charge in [-0.15, -0.1) is 16.4 Å². The van der Waals surface area contributed by atoms with Crippen LogP contribution in [-0.4, -0.2) is 10.2 Å². The minimum Gasteiger partial charge on any atom is -0.157 e. The molecular formula is C9H7BrN2S. The van der Waals surface area contributed by atoms with Crippen LogP contribution in [0.25, 0.3) is 10.6 Å². The number of aryl methyl sites for hydroxylation is 1. The van der Waals surface area contributed by atoms with Crippen molar-refractivity contribution in [1.82, 2.24) is 10.2 Å². The molecule has 0 fully saturated rings. The van der Waals surface area contributed by atoms with Crippen LogP contribution in [0.3, 0.4) is 0 Å². The van der Waals surface area contributed by atoms with Crippen molar-refractivity contribution in [2.45, 2.75) is 6.92 Å². The molecule has 2 aromatic heterocycles. The Morgan fingerprint density at radius 3 is 2.85 bits per heavy atom. The Hall–Kier alpha value is -0.740. The molecule has 0 saturated heterocycles. The smallest absolute Gasteiger partial charge is 0.104 e. The number of thiophene rings is 1. The average molecular weight is 255 g/mol. The van der Waals surface area contributed by atoms with E-state index >= 15 is 0 Å². The molecule has 0 saturated carbocycles. The first-order valence-corrected chi connectivity index (χ1v) is 5.42. The van der Waals surface area contributed by atoms with Gasteiger partial charge in [-0.3, -0.25) is 0 Å². The predicted octanol–water partition coefficient (Wildman–Crippen LogP) is 3.28. The van der Waals surface area contributed by atoms with Crippen LogP contribution in [-0.2, 0) is 0 Å². The zero-order chi connectivity index (χ0) is 9.26. The fraction of sp³-hybridized carbons (Fsp3) is 0.111. The molecule has 0 amide bonds. The van der Waals surface area contributed by atoms with Gasteiger partial charge in [0, 0.05) is 9.35 Å². The highest BCUT2D eigenvalue weighted by molar-refractivity contribution is 9.10. The van der Waals surface area contributed by atoms with E-state index in [9.17, 15) is 0 Å². The van der Waals surface area contributed by atoms with E-state index in [1.807, 2.05) is 6.07 Å². The van der Waals surface area contributed by atoms with Gasteiger partial charge in [0.05, 0.1) is 11.1 Å². The Kier molecular flexibility index (Phi) is 2.42. The van der Waals surface area contributed by atoms with Crippen molar-refractivity contribution in [3.63, 3.8) is 0 Å². The zero-order valence-corrected chi connectivity index (χ0v) is 9.39. The molecule has 2 rings (SSSR count). The third-order valence-electron chi connectivity index (χ3n) is 1.61. The molecule has 0 spiro atoms. The van der Waals surface area contributed by atoms with Crippen molar-refractivity contribution < 1.29 is 0 Å². The maximum atomic E-state index is 4.05. The molecule has 4 heteroatoms. The van der Waals surface area contributed by atoms with Crippen LogP contribution in [0.1, 0.15) is 4.88 Å². The molecule has 0 atom stereocenters. The van der Waals surface area contributed by atoms with E-state index in [1.165, 1.54) is 4.88 Å². The molecule has 0 radical (unpaired) electrons. The van der Waals surface area contributed by atoms with Crippen LogP contribution in [0.5, 0.6) is 0 Å². The maximum absolute atomic E-state index is 4.05. The van der Waals surface area contributed by atoms with Gasteiger partial charge in [-0.1, -0.05) is 0 Å². The highest BCUT2D eigenvalue weighted by atomic mass is 79.9. The van der Waals surface area contributed by atoms with E-state index < -0.39 is 0 Å². The molecule has 66 valence electrons. The lowest BCUT2D eigenvalue weighted by atomic mass is 10.3. The Balaban J connectivity index is 2.46. The number of rotatable bonds is 1. The van der Waals surface area contributed by atoms with E-state index in [4.69, 9.17) is 0 Å². The summed E-state index contributed by atoms with van der Waals surface area (Å²) in [5.74, 6) is 0. The molecule has 0 unspecified atom stereocenters. The predicted molar refractivity (Wildman–Crippen MR) is 57.8 cm³/mol. The number of aromatic nitrogens is 2. The Bertz CT molecular complexity index is 425. The topological polar surface area (TPSA) is 25.8 Å². The Morgan fingerprint density at radius 1 is 1.38 bits per heavy atom. The third kappa shape index (κ3) is 1.95. The van der Waals surface area contributed by atoms with Gasteiger partial charge in [0.2, 0.25) is 0 Å². The van der Waals surface area contributed by atoms with Crippen LogP contribution in [0.15, 0.2) is 28.9 Å². The van der Waals surface area contributed by atoms with Crippen LogP contribution in [0.2, 0.25) is 0 Å². The first kappa shape index (κ1) is 8.84. The molecule has 0 aliphatic carbocycles. The van der Waals surface area contributed by atoms with Crippen molar-refractivity contribution in [3.05, 3.63) is 33.7 Å². The summed E-state index contributed by atoms with van der Waals surface area (Å²) in [5, 5.41) is 7.93. The minimum atomic E-state index is 0.924. The summed E-state index contributed by atoms with van der Waals surface area (Å²) >= 11 is 5.09. The highest BCUT2D eigenvalue weighted by Crippen LogP contribution is 2.26. The number of hydrogen-bond acceptors (Lipinski definition) is 3. The van der Waals surface area contributed by atoms with E-state index in [0.717, 1.165) is 15.0 Å². The Labute approximate surface area is 88.8 Å². The van der Waals surface area contributed by atoms with Gasteiger partial charge in [-0.2, -0.15) is 5.10 Å². The van der Waals surface area contributed by atoms with E-state index in [-0.39, 0.29) is 0 Å². The van der Waals surface area contributed by atoms with Gasteiger partial charge in [-0.25, -0.2) is 0 Å². The lowest BCUT2D eigenvalue weighted by Gasteiger charge is -1.94. The number of halogens is 1. The molecular weight excluding hydrogens is 248 g/mol. The van der Waals surface area contributed by atoms with E-state index in [2.05, 4.69) is 45.2 Å². The standard InChI is InChI=1S/C9H7BrN2S/c1-6-2-3-9(13-6)8-4-7(10)5-11-12-8/h2-5H,1H3. The summed E-state index contributed by atoms with van der Waals surface area (Å²) in [4.78, 5) is 2.45. The van der Waals surface area contributed by atoms with Crippen LogP contribution < -0.4 is 0 Å². The van der Waals surface area contributed by atoms with Gasteiger partial charge in [0.1, 0.15) is 5.69 Å². The maximum Gasteiger partial charge on any atom is 0.104 e. The second-order valence-electron chi connectivity index (χ2n) is 2.67. The molecule has 2 nitrogen and oxygen atoms in total. The lowest BCUT2D eigenvalue weighted by Crippen LogP contribution is -1.83. The Morgan fingerprint density at radius 2 is 2.23 bits per heavy atom. The average Bonchev–Trinajstić information content (AvgIpc) is 2.52. The summed E-state index contributed by atoms with van der Waals surface area (Å²) in [5.41, 5.74) is 0.924. The number of hydrogen-bond donors (Lipinski definition) is 0. The van der Waals surface area contributed by atoms with Crippen molar-refractivity contribution in [2.75, 3.05) is 0 Å². The summed E-state index contributed by atoms with van der Waals surface area (Å²) < 4.78 is 0.962. The fourth-order valence-corrected chi connectivity index (χ4v) is 2.17. The largest absolute Gasteiger partial charge is 0.157 e. The zero-order valence-electron chi connectivity index (χ0n) is 6.99. The summed E-state index contributed by atoms with van der Waals surface area (Å²) in [6.45, 7) is 2.08. The van der Waals surface area contributed by atoms with Gasteiger partial charge >= 0.3 is 0 Å². The lowest BCUT2D eigenvalue weighted by molar-refractivity contribution is 1.03. The van der Waals surface area contributed by atoms with Crippen molar-refractivity contribution >= 4 is 27.3 Å². The van der Waals surface area contributed by atoms with Crippen LogP contribution in [0, 0.1) is 6.92 Å². The summed E-state index contributed by atoms with van der Waals surface area (Å²) in [6.07, 6.45) is 1.68. The van der Waals surface area contributed by atoms with Gasteiger partial charge in [0.25, 0.3) is 0 Å². The van der Waals surface area contributed by atoms with Crippen molar-refractivity contribution in [2.24, 2.45) is 0 Å². The summed E-state index contributed by atoms with van der Waals surface area (Å²) in [6, 6.07) is 6.12. The highest BCUT2D eigenvalue weighted by Gasteiger charge is 2.02. The van der Waals surface area contributed by atoms with Gasteiger partial charge in [-0.05, 0) is 41.1 Å². The fourth-order valence-electron chi connectivity index (χ4n) is 1.04. The monoisotopic (exact) mass is 254 g/mol.